The number of alkyl halides is 2. The lowest BCUT2D eigenvalue weighted by Gasteiger charge is -2.14. The van der Waals surface area contributed by atoms with Gasteiger partial charge in [-0.25, -0.2) is 8.78 Å². The monoisotopic (exact) mass is 231 g/mol. The van der Waals surface area contributed by atoms with Gasteiger partial charge in [0.15, 0.2) is 11.5 Å². The first-order chi connectivity index (χ1) is 7.69. The normalized spacial score (nSPS) is 10.6. The van der Waals surface area contributed by atoms with Crippen molar-refractivity contribution in [1.29, 1.82) is 0 Å². The predicted molar refractivity (Wildman–Crippen MR) is 57.3 cm³/mol. The van der Waals surface area contributed by atoms with E-state index in [0.717, 1.165) is 5.56 Å². The number of benzene rings is 1. The van der Waals surface area contributed by atoms with Gasteiger partial charge in [-0.05, 0) is 13.1 Å². The summed E-state index contributed by atoms with van der Waals surface area (Å²) in [4.78, 5) is 0. The van der Waals surface area contributed by atoms with Crippen LogP contribution in [0.15, 0.2) is 18.2 Å². The zero-order valence-electron chi connectivity index (χ0n) is 9.30. The van der Waals surface area contributed by atoms with Crippen LogP contribution in [0.1, 0.15) is 5.56 Å². The first-order valence-corrected chi connectivity index (χ1v) is 4.90. The van der Waals surface area contributed by atoms with Crippen molar-refractivity contribution in [3.05, 3.63) is 23.8 Å². The molecule has 1 N–H and O–H groups in total. The Bertz CT molecular complexity index is 332. The van der Waals surface area contributed by atoms with Gasteiger partial charge in [0.25, 0.3) is 6.43 Å². The molecule has 1 aromatic rings. The molecule has 1 rings (SSSR count). The fourth-order valence-electron chi connectivity index (χ4n) is 1.36. The van der Waals surface area contributed by atoms with Crippen molar-refractivity contribution in [2.75, 3.05) is 20.8 Å². The number of ether oxygens (including phenoxy) is 2. The lowest BCUT2D eigenvalue weighted by molar-refractivity contribution is 0.0799. The maximum absolute atomic E-state index is 12.1. The summed E-state index contributed by atoms with van der Waals surface area (Å²) in [5, 5.41) is 2.94. The van der Waals surface area contributed by atoms with Gasteiger partial charge >= 0.3 is 0 Å². The average molecular weight is 231 g/mol. The Hall–Kier alpha value is -1.36. The number of rotatable bonds is 6. The number of para-hydroxylation sites is 1. The van der Waals surface area contributed by atoms with Crippen molar-refractivity contribution in [1.82, 2.24) is 5.32 Å². The van der Waals surface area contributed by atoms with Gasteiger partial charge in [0.05, 0.1) is 7.11 Å². The molecular weight excluding hydrogens is 216 g/mol. The van der Waals surface area contributed by atoms with E-state index in [-0.39, 0.29) is 0 Å². The zero-order chi connectivity index (χ0) is 12.0. The SMILES string of the molecule is CNCc1cccc(OC)c1OCC(F)F. The molecule has 0 heterocycles. The van der Waals surface area contributed by atoms with Crippen LogP contribution in [0.2, 0.25) is 0 Å². The van der Waals surface area contributed by atoms with E-state index in [9.17, 15) is 8.78 Å². The van der Waals surface area contributed by atoms with Gasteiger partial charge < -0.3 is 14.8 Å². The molecule has 0 aliphatic carbocycles. The summed E-state index contributed by atoms with van der Waals surface area (Å²) in [6.45, 7) is -0.0904. The van der Waals surface area contributed by atoms with E-state index < -0.39 is 13.0 Å². The molecule has 1 aromatic carbocycles. The van der Waals surface area contributed by atoms with Crippen LogP contribution in [0.25, 0.3) is 0 Å². The minimum absolute atomic E-state index is 0.375. The highest BCUT2D eigenvalue weighted by atomic mass is 19.3. The summed E-state index contributed by atoms with van der Waals surface area (Å²) in [7, 11) is 3.25. The van der Waals surface area contributed by atoms with Gasteiger partial charge in [0, 0.05) is 12.1 Å². The molecule has 0 amide bonds. The highest BCUT2D eigenvalue weighted by molar-refractivity contribution is 5.46. The Morgan fingerprint density at radius 1 is 1.38 bits per heavy atom. The maximum Gasteiger partial charge on any atom is 0.272 e. The summed E-state index contributed by atoms with van der Waals surface area (Å²) in [6.07, 6.45) is -2.49. The van der Waals surface area contributed by atoms with Crippen LogP contribution in [0.5, 0.6) is 11.5 Å². The minimum atomic E-state index is -2.49. The Balaban J connectivity index is 2.90. The fourth-order valence-corrected chi connectivity index (χ4v) is 1.36. The number of halogens is 2. The molecular formula is C11H15F2NO2. The summed E-state index contributed by atoms with van der Waals surface area (Å²) in [5.74, 6) is 0.841. The van der Waals surface area contributed by atoms with Crippen LogP contribution in [0.3, 0.4) is 0 Å². The molecule has 0 unspecified atom stereocenters. The standard InChI is InChI=1S/C11H15F2NO2/c1-14-6-8-4-3-5-9(15-2)11(8)16-7-10(12)13/h3-5,10,14H,6-7H2,1-2H3. The van der Waals surface area contributed by atoms with E-state index in [1.54, 1.807) is 25.2 Å². The smallest absolute Gasteiger partial charge is 0.272 e. The number of hydrogen-bond donors (Lipinski definition) is 1. The molecule has 0 fully saturated rings. The second kappa shape index (κ2) is 6.27. The molecule has 0 saturated carbocycles. The van der Waals surface area contributed by atoms with E-state index in [1.165, 1.54) is 7.11 Å². The first kappa shape index (κ1) is 12.7. The van der Waals surface area contributed by atoms with E-state index >= 15 is 0 Å². The van der Waals surface area contributed by atoms with Crippen molar-refractivity contribution in [2.45, 2.75) is 13.0 Å². The molecule has 0 aliphatic rings. The van der Waals surface area contributed by atoms with Crippen molar-refractivity contribution in [3.8, 4) is 11.5 Å². The molecule has 0 aliphatic heterocycles. The fraction of sp³-hybridized carbons (Fsp3) is 0.455. The van der Waals surface area contributed by atoms with Crippen molar-refractivity contribution in [2.24, 2.45) is 0 Å². The highest BCUT2D eigenvalue weighted by Gasteiger charge is 2.12. The third kappa shape index (κ3) is 3.34. The molecule has 3 nitrogen and oxygen atoms in total. The van der Waals surface area contributed by atoms with Crippen LogP contribution in [-0.4, -0.2) is 27.2 Å². The summed E-state index contributed by atoms with van der Waals surface area (Å²) < 4.78 is 34.3. The summed E-state index contributed by atoms with van der Waals surface area (Å²) >= 11 is 0. The van der Waals surface area contributed by atoms with E-state index in [2.05, 4.69) is 5.32 Å². The second-order valence-electron chi connectivity index (χ2n) is 3.18. The van der Waals surface area contributed by atoms with Crippen LogP contribution < -0.4 is 14.8 Å². The minimum Gasteiger partial charge on any atom is -0.493 e. The summed E-state index contributed by atoms with van der Waals surface area (Å²) in [6, 6.07) is 5.28. The molecule has 0 radical (unpaired) electrons. The first-order valence-electron chi connectivity index (χ1n) is 4.90. The van der Waals surface area contributed by atoms with Crippen LogP contribution in [0.4, 0.5) is 8.78 Å². The zero-order valence-corrected chi connectivity index (χ0v) is 9.30. The molecule has 5 heteroatoms. The van der Waals surface area contributed by atoms with Gasteiger partial charge in [0.1, 0.15) is 6.61 Å². The molecule has 0 aromatic heterocycles. The van der Waals surface area contributed by atoms with Crippen LogP contribution >= 0.6 is 0 Å². The van der Waals surface area contributed by atoms with Crippen LogP contribution in [-0.2, 0) is 6.54 Å². The van der Waals surface area contributed by atoms with Crippen molar-refractivity contribution in [3.63, 3.8) is 0 Å². The van der Waals surface area contributed by atoms with Crippen molar-refractivity contribution >= 4 is 0 Å². The van der Waals surface area contributed by atoms with Crippen molar-refractivity contribution < 1.29 is 18.3 Å². The molecule has 0 bridgehead atoms. The Morgan fingerprint density at radius 3 is 2.69 bits per heavy atom. The average Bonchev–Trinajstić information content (AvgIpc) is 2.27. The van der Waals surface area contributed by atoms with Gasteiger partial charge in [-0.2, -0.15) is 0 Å². The summed E-state index contributed by atoms with van der Waals surface area (Å²) in [5.41, 5.74) is 0.794. The molecule has 16 heavy (non-hydrogen) atoms. The Kier molecular flexibility index (Phi) is 4.98. The lowest BCUT2D eigenvalue weighted by atomic mass is 10.2. The number of nitrogens with one attached hydrogen (secondary N) is 1. The third-order valence-electron chi connectivity index (χ3n) is 2.00. The third-order valence-corrected chi connectivity index (χ3v) is 2.00. The van der Waals surface area contributed by atoms with Gasteiger partial charge in [-0.15, -0.1) is 0 Å². The lowest BCUT2D eigenvalue weighted by Crippen LogP contribution is -2.12. The topological polar surface area (TPSA) is 30.5 Å². The van der Waals surface area contributed by atoms with Gasteiger partial charge in [-0.1, -0.05) is 12.1 Å². The van der Waals surface area contributed by atoms with E-state index in [1.807, 2.05) is 0 Å². The molecule has 0 atom stereocenters. The van der Waals surface area contributed by atoms with Gasteiger partial charge in [0.2, 0.25) is 0 Å². The molecule has 90 valence electrons. The quantitative estimate of drug-likeness (QED) is 0.812. The van der Waals surface area contributed by atoms with Gasteiger partial charge in [-0.3, -0.25) is 0 Å². The molecule has 0 spiro atoms. The predicted octanol–water partition coefficient (Wildman–Crippen LogP) is 2.06. The second-order valence-corrected chi connectivity index (χ2v) is 3.18. The van der Waals surface area contributed by atoms with E-state index in [4.69, 9.17) is 9.47 Å². The number of hydrogen-bond acceptors (Lipinski definition) is 3. The number of methoxy groups -OCH3 is 1. The largest absolute Gasteiger partial charge is 0.493 e. The Morgan fingerprint density at radius 2 is 2.12 bits per heavy atom. The van der Waals surface area contributed by atoms with E-state index in [0.29, 0.717) is 18.0 Å². The van der Waals surface area contributed by atoms with Crippen LogP contribution in [0, 0.1) is 0 Å². The maximum atomic E-state index is 12.1. The molecule has 0 saturated heterocycles. The Labute approximate surface area is 93.4 Å². The highest BCUT2D eigenvalue weighted by Crippen LogP contribution is 2.31.